The van der Waals surface area contributed by atoms with Crippen molar-refractivity contribution in [2.75, 3.05) is 6.61 Å². The first-order chi connectivity index (χ1) is 14.6. The van der Waals surface area contributed by atoms with Gasteiger partial charge in [0.25, 0.3) is 0 Å². The lowest BCUT2D eigenvalue weighted by Gasteiger charge is -2.14. The number of nitrogens with zero attached hydrogens (tertiary/aromatic N) is 6. The van der Waals surface area contributed by atoms with Crippen LogP contribution in [-0.2, 0) is 6.42 Å². The van der Waals surface area contributed by atoms with Crippen molar-refractivity contribution >= 4 is 0 Å². The zero-order valence-corrected chi connectivity index (χ0v) is 17.4. The summed E-state index contributed by atoms with van der Waals surface area (Å²) in [6, 6.07) is 18.7. The molecule has 0 aliphatic heterocycles. The number of hydrogen-bond acceptors (Lipinski definition) is 6. The zero-order chi connectivity index (χ0) is 20.9. The Morgan fingerprint density at radius 3 is 2.60 bits per heavy atom. The maximum atomic E-state index is 5.94. The molecule has 7 nitrogen and oxygen atoms in total. The van der Waals surface area contributed by atoms with E-state index in [0.29, 0.717) is 25.0 Å². The first-order valence-corrected chi connectivity index (χ1v) is 10.0. The van der Waals surface area contributed by atoms with Gasteiger partial charge in [-0.3, -0.25) is 0 Å². The maximum absolute atomic E-state index is 5.94. The largest absolute Gasteiger partial charge is 0.463 e. The lowest BCUT2D eigenvalue weighted by Crippen LogP contribution is -2.08. The highest BCUT2D eigenvalue weighted by molar-refractivity contribution is 5.65. The summed E-state index contributed by atoms with van der Waals surface area (Å²) in [6.07, 6.45) is 2.27. The number of benzene rings is 2. The van der Waals surface area contributed by atoms with Crippen LogP contribution in [0.2, 0.25) is 0 Å². The third kappa shape index (κ3) is 4.35. The Morgan fingerprint density at radius 2 is 1.80 bits per heavy atom. The van der Waals surface area contributed by atoms with E-state index in [4.69, 9.17) is 4.74 Å². The van der Waals surface area contributed by atoms with Crippen molar-refractivity contribution in [3.63, 3.8) is 0 Å². The fourth-order valence-electron chi connectivity index (χ4n) is 3.45. The van der Waals surface area contributed by atoms with Gasteiger partial charge in [-0.25, -0.2) is 9.67 Å². The van der Waals surface area contributed by atoms with Gasteiger partial charge in [0.1, 0.15) is 6.33 Å². The first kappa shape index (κ1) is 19.7. The Morgan fingerprint density at radius 1 is 1.00 bits per heavy atom. The van der Waals surface area contributed by atoms with Crippen LogP contribution in [0.4, 0.5) is 0 Å². The summed E-state index contributed by atoms with van der Waals surface area (Å²) < 4.78 is 7.59. The van der Waals surface area contributed by atoms with Gasteiger partial charge in [-0.2, -0.15) is 4.98 Å². The molecule has 0 radical (unpaired) electrons. The molecule has 152 valence electrons. The average Bonchev–Trinajstić information content (AvgIpc) is 3.28. The minimum atomic E-state index is 0.392. The van der Waals surface area contributed by atoms with E-state index < -0.39 is 0 Å². The van der Waals surface area contributed by atoms with E-state index in [0.717, 1.165) is 28.2 Å². The molecular formula is C23H24N6O. The van der Waals surface area contributed by atoms with Crippen LogP contribution in [0.25, 0.3) is 16.9 Å². The third-order valence-corrected chi connectivity index (χ3v) is 4.88. The van der Waals surface area contributed by atoms with Gasteiger partial charge in [0.05, 0.1) is 18.0 Å². The minimum Gasteiger partial charge on any atom is -0.463 e. The molecule has 0 atom stereocenters. The summed E-state index contributed by atoms with van der Waals surface area (Å²) in [5, 5.41) is 11.4. The summed E-state index contributed by atoms with van der Waals surface area (Å²) >= 11 is 0. The fourth-order valence-corrected chi connectivity index (χ4v) is 3.45. The van der Waals surface area contributed by atoms with Crippen molar-refractivity contribution in [3.8, 4) is 23.0 Å². The average molecular weight is 400 g/mol. The van der Waals surface area contributed by atoms with Gasteiger partial charge in [-0.05, 0) is 46.5 Å². The number of rotatable bonds is 7. The van der Waals surface area contributed by atoms with Gasteiger partial charge in [0.2, 0.25) is 0 Å². The highest BCUT2D eigenvalue weighted by Gasteiger charge is 2.12. The molecule has 0 saturated carbocycles. The topological polar surface area (TPSA) is 78.6 Å². The van der Waals surface area contributed by atoms with Crippen LogP contribution in [0.5, 0.6) is 6.01 Å². The summed E-state index contributed by atoms with van der Waals surface area (Å²) in [5.74, 6) is 0.406. The first-order valence-electron chi connectivity index (χ1n) is 10.0. The number of para-hydroxylation sites is 1. The van der Waals surface area contributed by atoms with E-state index in [1.807, 2.05) is 43.3 Å². The number of hydrogen-bond donors (Lipinski definition) is 0. The maximum Gasteiger partial charge on any atom is 0.317 e. The number of aromatic nitrogens is 6. The van der Waals surface area contributed by atoms with Crippen molar-refractivity contribution in [3.05, 3.63) is 77.7 Å². The second kappa shape index (κ2) is 8.82. The number of tetrazole rings is 1. The molecule has 0 fully saturated rings. The molecule has 0 bridgehead atoms. The third-order valence-electron chi connectivity index (χ3n) is 4.88. The Labute approximate surface area is 175 Å². The SMILES string of the molecule is Cc1cc(-c2ccccc2C(C)C)nc(OCCc2ccccc2-n2cnnn2)n1. The Kier molecular flexibility index (Phi) is 5.79. The van der Waals surface area contributed by atoms with E-state index >= 15 is 0 Å². The molecule has 0 spiro atoms. The van der Waals surface area contributed by atoms with Crippen LogP contribution in [0.3, 0.4) is 0 Å². The molecule has 2 aromatic carbocycles. The molecule has 2 aromatic heterocycles. The Hall–Kier alpha value is -3.61. The summed E-state index contributed by atoms with van der Waals surface area (Å²) in [4.78, 5) is 9.15. The van der Waals surface area contributed by atoms with Crippen molar-refractivity contribution in [2.45, 2.75) is 33.1 Å². The van der Waals surface area contributed by atoms with Gasteiger partial charge in [-0.15, -0.1) is 5.10 Å². The smallest absolute Gasteiger partial charge is 0.317 e. The molecule has 0 N–H and O–H groups in total. The van der Waals surface area contributed by atoms with Crippen LogP contribution in [0.1, 0.15) is 36.6 Å². The van der Waals surface area contributed by atoms with Crippen LogP contribution in [-0.4, -0.2) is 36.8 Å². The number of aryl methyl sites for hydroxylation is 1. The van der Waals surface area contributed by atoms with Crippen molar-refractivity contribution < 1.29 is 4.74 Å². The minimum absolute atomic E-state index is 0.392. The van der Waals surface area contributed by atoms with Crippen LogP contribution < -0.4 is 4.74 Å². The quantitative estimate of drug-likeness (QED) is 0.463. The molecule has 0 saturated heterocycles. The van der Waals surface area contributed by atoms with Crippen molar-refractivity contribution in [2.24, 2.45) is 0 Å². The standard InChI is InChI=1S/C23H24N6O/c1-16(2)19-9-5-6-10-20(19)21-14-17(3)25-23(26-21)30-13-12-18-8-4-7-11-22(18)29-15-24-27-28-29/h4-11,14-16H,12-13H2,1-3H3. The monoisotopic (exact) mass is 400 g/mol. The van der Waals surface area contributed by atoms with Gasteiger partial charge < -0.3 is 4.74 Å². The molecule has 0 aliphatic rings. The van der Waals surface area contributed by atoms with Crippen molar-refractivity contribution in [1.29, 1.82) is 0 Å². The summed E-state index contributed by atoms with van der Waals surface area (Å²) in [6.45, 7) is 6.79. The Bertz CT molecular complexity index is 1120. The molecule has 7 heteroatoms. The molecular weight excluding hydrogens is 376 g/mol. The summed E-state index contributed by atoms with van der Waals surface area (Å²) in [7, 11) is 0. The van der Waals surface area contributed by atoms with E-state index in [1.165, 1.54) is 5.56 Å². The second-order valence-corrected chi connectivity index (χ2v) is 7.40. The van der Waals surface area contributed by atoms with Crippen LogP contribution in [0, 0.1) is 6.92 Å². The normalized spacial score (nSPS) is 11.1. The van der Waals surface area contributed by atoms with Crippen LogP contribution in [0.15, 0.2) is 60.9 Å². The van der Waals surface area contributed by atoms with Gasteiger partial charge in [0, 0.05) is 17.7 Å². The predicted octanol–water partition coefficient (Wildman–Crippen LogP) is 4.17. The lowest BCUT2D eigenvalue weighted by atomic mass is 9.95. The van der Waals surface area contributed by atoms with Crippen LogP contribution >= 0.6 is 0 Å². The van der Waals surface area contributed by atoms with Gasteiger partial charge in [0.15, 0.2) is 0 Å². The number of ether oxygens (including phenoxy) is 1. The van der Waals surface area contributed by atoms with Crippen molar-refractivity contribution in [1.82, 2.24) is 30.2 Å². The zero-order valence-electron chi connectivity index (χ0n) is 17.4. The Balaban J connectivity index is 1.52. The highest BCUT2D eigenvalue weighted by atomic mass is 16.5. The molecule has 0 unspecified atom stereocenters. The van der Waals surface area contributed by atoms with E-state index in [1.54, 1.807) is 11.0 Å². The summed E-state index contributed by atoms with van der Waals surface area (Å²) in [5.41, 5.74) is 6.16. The highest BCUT2D eigenvalue weighted by Crippen LogP contribution is 2.29. The van der Waals surface area contributed by atoms with Gasteiger partial charge in [-0.1, -0.05) is 56.3 Å². The van der Waals surface area contributed by atoms with E-state index in [9.17, 15) is 0 Å². The molecule has 4 aromatic rings. The second-order valence-electron chi connectivity index (χ2n) is 7.40. The molecule has 30 heavy (non-hydrogen) atoms. The molecule has 0 amide bonds. The molecule has 2 heterocycles. The molecule has 4 rings (SSSR count). The van der Waals surface area contributed by atoms with Gasteiger partial charge >= 0.3 is 6.01 Å². The fraction of sp³-hybridized carbons (Fsp3) is 0.261. The van der Waals surface area contributed by atoms with E-state index in [2.05, 4.69) is 57.5 Å². The van der Waals surface area contributed by atoms with E-state index in [-0.39, 0.29) is 0 Å². The molecule has 0 aliphatic carbocycles. The lowest BCUT2D eigenvalue weighted by molar-refractivity contribution is 0.296. The predicted molar refractivity (Wildman–Crippen MR) is 115 cm³/mol.